The molecule has 0 N–H and O–H groups in total. The van der Waals surface area contributed by atoms with Crippen LogP contribution in [0.1, 0.15) is 13.8 Å². The highest BCUT2D eigenvalue weighted by molar-refractivity contribution is 6.47. The molecule has 0 aromatic heterocycles. The lowest BCUT2D eigenvalue weighted by Crippen LogP contribution is -2.15. The Morgan fingerprint density at radius 1 is 1.62 bits per heavy atom. The summed E-state index contributed by atoms with van der Waals surface area (Å²) in [7, 11) is 0. The number of carbonyl (C=O) groups is 1. The second kappa shape index (κ2) is 2.55. The molecule has 0 spiro atoms. The summed E-state index contributed by atoms with van der Waals surface area (Å²) in [6.45, 7) is 2.61. The average Bonchev–Trinajstić information content (AvgIpc) is 1.21. The molecule has 8 heavy (non-hydrogen) atoms. The van der Waals surface area contributed by atoms with Crippen LogP contribution in [0.4, 0.5) is 0 Å². The number of hydrogen-bond donors (Lipinski definition) is 0. The maximum atomic E-state index is 10.1. The normalized spacial score (nSPS) is 11.0. The van der Waals surface area contributed by atoms with E-state index in [1.165, 1.54) is 13.8 Å². The molecule has 0 aromatic carbocycles. The Morgan fingerprint density at radius 3 is 2.00 bits per heavy atom. The van der Waals surface area contributed by atoms with E-state index >= 15 is 0 Å². The molecule has 0 aromatic rings. The molecule has 0 saturated carbocycles. The van der Waals surface area contributed by atoms with Crippen LogP contribution in [0.15, 0.2) is 0 Å². The molecule has 0 aliphatic carbocycles. The van der Waals surface area contributed by atoms with E-state index < -0.39 is 10.5 Å². The molecule has 2 nitrogen and oxygen atoms in total. The molecule has 4 heteroatoms. The lowest BCUT2D eigenvalue weighted by molar-refractivity contribution is -0.143. The minimum absolute atomic E-state index is 0.488. The van der Waals surface area contributed by atoms with E-state index in [-0.39, 0.29) is 0 Å². The van der Waals surface area contributed by atoms with Crippen LogP contribution in [-0.4, -0.2) is 10.5 Å². The van der Waals surface area contributed by atoms with Gasteiger partial charge in [-0.15, -0.1) is 0 Å². The second-order valence-corrected chi connectivity index (χ2v) is 3.04. The molecule has 0 heterocycles. The van der Waals surface area contributed by atoms with Gasteiger partial charge in [0, 0.05) is 13.8 Å². The molecule has 0 unspecified atom stereocenters. The zero-order valence-corrected chi connectivity index (χ0v) is 6.08. The number of esters is 1. The first kappa shape index (κ1) is 8.05. The fraction of sp³-hybridized carbons (Fsp3) is 0.750. The molecule has 0 radical (unpaired) electrons. The quantitative estimate of drug-likeness (QED) is 0.427. The molecule has 0 fully saturated rings. The van der Waals surface area contributed by atoms with Crippen molar-refractivity contribution in [3.63, 3.8) is 0 Å². The number of hydrogen-bond acceptors (Lipinski definition) is 2. The smallest absolute Gasteiger partial charge is 0.305 e. The summed E-state index contributed by atoms with van der Waals surface area (Å²) < 4.78 is 2.95. The first-order valence-corrected chi connectivity index (χ1v) is 2.75. The predicted octanol–water partition coefficient (Wildman–Crippen LogP) is 1.70. The summed E-state index contributed by atoms with van der Waals surface area (Å²) >= 11 is 10.5. The van der Waals surface area contributed by atoms with Crippen molar-refractivity contribution in [2.24, 2.45) is 0 Å². The van der Waals surface area contributed by atoms with Gasteiger partial charge in [0.15, 0.2) is 0 Å². The van der Waals surface area contributed by atoms with Crippen LogP contribution in [0.2, 0.25) is 0 Å². The van der Waals surface area contributed by atoms with Crippen molar-refractivity contribution in [2.75, 3.05) is 0 Å². The highest BCUT2D eigenvalue weighted by Crippen LogP contribution is 2.20. The van der Waals surface area contributed by atoms with Crippen LogP contribution in [0.3, 0.4) is 0 Å². The number of carbonyl (C=O) groups excluding carboxylic acids is 1. The highest BCUT2D eigenvalue weighted by atomic mass is 35.5. The standard InChI is InChI=1S/C4H6Cl2O2/c1-3(7)8-4(2,5)6/h1-2H3. The number of ether oxygens (including phenoxy) is 1. The van der Waals surface area contributed by atoms with Crippen molar-refractivity contribution >= 4 is 29.2 Å². The van der Waals surface area contributed by atoms with Crippen molar-refractivity contribution in [3.05, 3.63) is 0 Å². The largest absolute Gasteiger partial charge is 0.429 e. The van der Waals surface area contributed by atoms with E-state index in [0.717, 1.165) is 0 Å². The maximum Gasteiger partial charge on any atom is 0.305 e. The van der Waals surface area contributed by atoms with Crippen molar-refractivity contribution in [1.82, 2.24) is 0 Å². The van der Waals surface area contributed by atoms with Crippen LogP contribution in [-0.2, 0) is 9.53 Å². The minimum Gasteiger partial charge on any atom is -0.429 e. The van der Waals surface area contributed by atoms with Gasteiger partial charge >= 0.3 is 5.97 Å². The summed E-state index contributed by atoms with van der Waals surface area (Å²) in [5, 5.41) is 0. The van der Waals surface area contributed by atoms with Crippen molar-refractivity contribution in [1.29, 1.82) is 0 Å². The van der Waals surface area contributed by atoms with E-state index in [9.17, 15) is 4.79 Å². The van der Waals surface area contributed by atoms with Gasteiger partial charge in [0.25, 0.3) is 4.52 Å². The Hall–Kier alpha value is 0.0500. The molecule has 0 saturated heterocycles. The van der Waals surface area contributed by atoms with Gasteiger partial charge in [0.05, 0.1) is 0 Å². The van der Waals surface area contributed by atoms with Gasteiger partial charge in [-0.1, -0.05) is 23.2 Å². The molecule has 48 valence electrons. The first-order chi connectivity index (χ1) is 3.42. The minimum atomic E-state index is -1.38. The first-order valence-electron chi connectivity index (χ1n) is 1.99. The third kappa shape index (κ3) is 6.05. The number of halogens is 2. The lowest BCUT2D eigenvalue weighted by atomic mass is 10.7. The van der Waals surface area contributed by atoms with Crippen molar-refractivity contribution < 1.29 is 9.53 Å². The lowest BCUT2D eigenvalue weighted by Gasteiger charge is -2.11. The van der Waals surface area contributed by atoms with Crippen LogP contribution < -0.4 is 0 Å². The monoisotopic (exact) mass is 156 g/mol. The molecular weight excluding hydrogens is 151 g/mol. The Labute approximate surface area is 57.7 Å². The number of alkyl halides is 2. The summed E-state index contributed by atoms with van der Waals surface area (Å²) in [5.74, 6) is -0.488. The van der Waals surface area contributed by atoms with E-state index in [0.29, 0.717) is 0 Å². The Morgan fingerprint density at radius 2 is 2.00 bits per heavy atom. The van der Waals surface area contributed by atoms with Crippen molar-refractivity contribution in [3.8, 4) is 0 Å². The van der Waals surface area contributed by atoms with Gasteiger partial charge in [0.2, 0.25) is 0 Å². The Bertz CT molecular complexity index is 94.7. The molecule has 0 aliphatic rings. The van der Waals surface area contributed by atoms with Crippen LogP contribution in [0.5, 0.6) is 0 Å². The number of rotatable bonds is 1. The molecule has 0 rings (SSSR count). The van der Waals surface area contributed by atoms with Crippen LogP contribution in [0.25, 0.3) is 0 Å². The fourth-order valence-corrected chi connectivity index (χ4v) is 0.470. The van der Waals surface area contributed by atoms with E-state index in [1.54, 1.807) is 0 Å². The highest BCUT2D eigenvalue weighted by Gasteiger charge is 2.18. The Kier molecular flexibility index (Phi) is 2.57. The SMILES string of the molecule is CC(=O)OC(C)(Cl)Cl. The van der Waals surface area contributed by atoms with E-state index in [4.69, 9.17) is 23.2 Å². The molecular formula is C4H6Cl2O2. The van der Waals surface area contributed by atoms with Crippen molar-refractivity contribution in [2.45, 2.75) is 18.4 Å². The van der Waals surface area contributed by atoms with Crippen LogP contribution >= 0.6 is 23.2 Å². The maximum absolute atomic E-state index is 10.1. The van der Waals surface area contributed by atoms with Gasteiger partial charge in [-0.3, -0.25) is 4.79 Å². The average molecular weight is 157 g/mol. The van der Waals surface area contributed by atoms with Crippen LogP contribution in [0, 0.1) is 0 Å². The zero-order chi connectivity index (χ0) is 6.78. The molecule has 0 amide bonds. The summed E-state index contributed by atoms with van der Waals surface area (Å²) in [4.78, 5) is 10.1. The molecule has 0 bridgehead atoms. The topological polar surface area (TPSA) is 26.3 Å². The summed E-state index contributed by atoms with van der Waals surface area (Å²) in [6, 6.07) is 0. The van der Waals surface area contributed by atoms with Gasteiger partial charge in [-0.2, -0.15) is 0 Å². The van der Waals surface area contributed by atoms with E-state index in [2.05, 4.69) is 4.74 Å². The third-order valence-corrected chi connectivity index (χ3v) is 0.477. The van der Waals surface area contributed by atoms with Gasteiger partial charge < -0.3 is 4.74 Å². The van der Waals surface area contributed by atoms with E-state index in [1.807, 2.05) is 0 Å². The summed E-state index contributed by atoms with van der Waals surface area (Å²) in [6.07, 6.45) is 0. The summed E-state index contributed by atoms with van der Waals surface area (Å²) in [5.41, 5.74) is 0. The molecule has 0 atom stereocenters. The fourth-order valence-electron chi connectivity index (χ4n) is 0.252. The third-order valence-electron chi connectivity index (χ3n) is 0.323. The van der Waals surface area contributed by atoms with Gasteiger partial charge in [-0.25, -0.2) is 0 Å². The zero-order valence-electron chi connectivity index (χ0n) is 4.57. The second-order valence-electron chi connectivity index (χ2n) is 1.40. The van der Waals surface area contributed by atoms with Gasteiger partial charge in [0.1, 0.15) is 0 Å². The molecule has 0 aliphatic heterocycles. The Balaban J connectivity index is 3.55. The van der Waals surface area contributed by atoms with Gasteiger partial charge in [-0.05, 0) is 0 Å². The predicted molar refractivity (Wildman–Crippen MR) is 31.9 cm³/mol.